The molecule has 6 heteroatoms. The minimum absolute atomic E-state index is 0.0383. The van der Waals surface area contributed by atoms with Crippen molar-refractivity contribution < 1.29 is 4.42 Å². The van der Waals surface area contributed by atoms with Gasteiger partial charge in [-0.2, -0.15) is 0 Å². The van der Waals surface area contributed by atoms with Crippen LogP contribution in [-0.2, 0) is 12.0 Å². The van der Waals surface area contributed by atoms with Crippen molar-refractivity contribution >= 4 is 17.6 Å². The molecule has 2 aromatic rings. The highest BCUT2D eigenvalue weighted by Crippen LogP contribution is 2.41. The number of hydrogen-bond acceptors (Lipinski definition) is 3. The molecule has 0 bridgehead atoms. The van der Waals surface area contributed by atoms with Crippen LogP contribution in [0.3, 0.4) is 0 Å². The van der Waals surface area contributed by atoms with Gasteiger partial charge in [0.15, 0.2) is 5.96 Å². The molecule has 1 aliphatic rings. The molecule has 134 valence electrons. The van der Waals surface area contributed by atoms with Gasteiger partial charge in [-0.25, -0.2) is 4.98 Å². The second-order valence-corrected chi connectivity index (χ2v) is 7.88. The van der Waals surface area contributed by atoms with Crippen LogP contribution in [0.4, 0.5) is 0 Å². The van der Waals surface area contributed by atoms with Crippen molar-refractivity contribution in [2.24, 2.45) is 4.99 Å². The highest BCUT2D eigenvalue weighted by atomic mass is 35.5. The highest BCUT2D eigenvalue weighted by molar-refractivity contribution is 6.30. The summed E-state index contributed by atoms with van der Waals surface area (Å²) in [6.07, 6.45) is 2.87. The first-order valence-corrected chi connectivity index (χ1v) is 8.92. The van der Waals surface area contributed by atoms with Crippen LogP contribution in [0.25, 0.3) is 0 Å². The summed E-state index contributed by atoms with van der Waals surface area (Å²) in [5.41, 5.74) is 1.23. The van der Waals surface area contributed by atoms with E-state index in [0.717, 1.165) is 23.2 Å². The van der Waals surface area contributed by atoms with Crippen molar-refractivity contribution in [3.63, 3.8) is 0 Å². The highest BCUT2D eigenvalue weighted by Gasteiger charge is 2.39. The summed E-state index contributed by atoms with van der Waals surface area (Å²) in [5, 5.41) is 7.49. The fourth-order valence-corrected chi connectivity index (χ4v) is 2.93. The number of halogens is 1. The summed E-state index contributed by atoms with van der Waals surface area (Å²) in [5.74, 6) is 2.78. The number of nitrogens with one attached hydrogen (secondary N) is 2. The Balaban J connectivity index is 1.52. The summed E-state index contributed by atoms with van der Waals surface area (Å²) >= 11 is 6.08. The van der Waals surface area contributed by atoms with Gasteiger partial charge >= 0.3 is 0 Å². The van der Waals surface area contributed by atoms with E-state index in [2.05, 4.69) is 47.4 Å². The molecule has 1 aromatic heterocycles. The molecule has 3 rings (SSSR count). The summed E-state index contributed by atoms with van der Waals surface area (Å²) in [6.45, 7) is 6.82. The zero-order valence-electron chi connectivity index (χ0n) is 15.1. The van der Waals surface area contributed by atoms with Gasteiger partial charge in [-0.05, 0) is 24.1 Å². The van der Waals surface area contributed by atoms with Crippen LogP contribution in [0, 0.1) is 0 Å². The Morgan fingerprint density at radius 1 is 1.40 bits per heavy atom. The Kier molecular flexibility index (Phi) is 5.04. The molecule has 2 atom stereocenters. The van der Waals surface area contributed by atoms with E-state index in [0.29, 0.717) is 24.4 Å². The molecule has 0 amide bonds. The van der Waals surface area contributed by atoms with Crippen LogP contribution >= 0.6 is 11.6 Å². The topological polar surface area (TPSA) is 62.5 Å². The second-order valence-electron chi connectivity index (χ2n) is 7.44. The lowest BCUT2D eigenvalue weighted by Gasteiger charge is -2.13. The Hall–Kier alpha value is -2.01. The fourth-order valence-electron chi connectivity index (χ4n) is 2.73. The fraction of sp³-hybridized carbons (Fsp3) is 0.474. The quantitative estimate of drug-likeness (QED) is 0.642. The van der Waals surface area contributed by atoms with E-state index >= 15 is 0 Å². The molecule has 5 nitrogen and oxygen atoms in total. The summed E-state index contributed by atoms with van der Waals surface area (Å²) in [6, 6.07) is 8.42. The SMILES string of the molecule is CN=C(NCc1ncc(C(C)(C)C)o1)NC1CC1c1cccc(Cl)c1. The van der Waals surface area contributed by atoms with Gasteiger partial charge in [0.1, 0.15) is 5.76 Å². The van der Waals surface area contributed by atoms with Crippen LogP contribution in [0.1, 0.15) is 50.3 Å². The van der Waals surface area contributed by atoms with Crippen molar-refractivity contribution in [1.82, 2.24) is 15.6 Å². The first-order chi connectivity index (χ1) is 11.9. The lowest BCUT2D eigenvalue weighted by Crippen LogP contribution is -2.38. The smallest absolute Gasteiger partial charge is 0.213 e. The Morgan fingerprint density at radius 2 is 2.20 bits per heavy atom. The minimum atomic E-state index is -0.0383. The van der Waals surface area contributed by atoms with Gasteiger partial charge in [0.05, 0.1) is 12.7 Å². The molecule has 1 saturated carbocycles. The number of rotatable bonds is 4. The van der Waals surface area contributed by atoms with Crippen LogP contribution < -0.4 is 10.6 Å². The number of benzene rings is 1. The predicted octanol–water partition coefficient (Wildman–Crippen LogP) is 3.85. The van der Waals surface area contributed by atoms with Crippen LogP contribution in [-0.4, -0.2) is 24.0 Å². The molecule has 1 fully saturated rings. The number of aromatic nitrogens is 1. The standard InChI is InChI=1S/C19H25ClN4O/c1-19(2,3)16-10-22-17(25-16)11-23-18(21-4)24-15-9-14(15)12-6-5-7-13(20)8-12/h5-8,10,14-15H,9,11H2,1-4H3,(H2,21,23,24). The van der Waals surface area contributed by atoms with Crippen LogP contribution in [0.2, 0.25) is 5.02 Å². The third-order valence-corrected chi connectivity index (χ3v) is 4.55. The predicted molar refractivity (Wildman–Crippen MR) is 101 cm³/mol. The molecule has 0 aliphatic heterocycles. The summed E-state index contributed by atoms with van der Waals surface area (Å²) in [7, 11) is 1.77. The average Bonchev–Trinajstić information content (AvgIpc) is 3.14. The lowest BCUT2D eigenvalue weighted by molar-refractivity contribution is 0.379. The lowest BCUT2D eigenvalue weighted by atomic mass is 9.94. The molecule has 1 aromatic carbocycles. The Labute approximate surface area is 153 Å². The van der Waals surface area contributed by atoms with Gasteiger partial charge in [0.2, 0.25) is 5.89 Å². The van der Waals surface area contributed by atoms with Crippen molar-refractivity contribution in [1.29, 1.82) is 0 Å². The van der Waals surface area contributed by atoms with E-state index in [9.17, 15) is 0 Å². The van der Waals surface area contributed by atoms with Gasteiger partial charge in [0.25, 0.3) is 0 Å². The van der Waals surface area contributed by atoms with Crippen LogP contribution in [0.5, 0.6) is 0 Å². The largest absolute Gasteiger partial charge is 0.443 e. The number of oxazole rings is 1. The van der Waals surface area contributed by atoms with Crippen molar-refractivity contribution in [2.45, 2.75) is 51.1 Å². The zero-order chi connectivity index (χ0) is 18.0. The van der Waals surface area contributed by atoms with Crippen molar-refractivity contribution in [3.8, 4) is 0 Å². The van der Waals surface area contributed by atoms with Gasteiger partial charge in [-0.1, -0.05) is 44.5 Å². The molecule has 0 saturated heterocycles. The van der Waals surface area contributed by atoms with Crippen LogP contribution in [0.15, 0.2) is 39.9 Å². The van der Waals surface area contributed by atoms with Gasteiger partial charge in [-0.15, -0.1) is 0 Å². The zero-order valence-corrected chi connectivity index (χ0v) is 15.9. The number of nitrogens with zero attached hydrogens (tertiary/aromatic N) is 2. The molecular weight excluding hydrogens is 336 g/mol. The van der Waals surface area contributed by atoms with Crippen molar-refractivity contribution in [2.75, 3.05) is 7.05 Å². The summed E-state index contributed by atoms with van der Waals surface area (Å²) < 4.78 is 5.80. The normalized spacial score (nSPS) is 20.4. The molecule has 2 N–H and O–H groups in total. The third kappa shape index (κ3) is 4.54. The monoisotopic (exact) mass is 360 g/mol. The maximum atomic E-state index is 6.08. The number of aliphatic imine (C=N–C) groups is 1. The Morgan fingerprint density at radius 3 is 2.84 bits per heavy atom. The van der Waals surface area contributed by atoms with Gasteiger partial charge in [-0.3, -0.25) is 4.99 Å². The maximum absolute atomic E-state index is 6.08. The van der Waals surface area contributed by atoms with E-state index in [1.165, 1.54) is 5.56 Å². The maximum Gasteiger partial charge on any atom is 0.213 e. The Bertz CT molecular complexity index is 763. The van der Waals surface area contributed by atoms with E-state index < -0.39 is 0 Å². The first-order valence-electron chi connectivity index (χ1n) is 8.54. The molecule has 1 aliphatic carbocycles. The summed E-state index contributed by atoms with van der Waals surface area (Å²) in [4.78, 5) is 8.61. The second kappa shape index (κ2) is 7.08. The number of hydrogen-bond donors (Lipinski definition) is 2. The van der Waals surface area contributed by atoms with Gasteiger partial charge < -0.3 is 15.1 Å². The molecule has 25 heavy (non-hydrogen) atoms. The molecule has 1 heterocycles. The molecule has 0 radical (unpaired) electrons. The molecule has 2 unspecified atom stereocenters. The first kappa shape index (κ1) is 17.8. The molecular formula is C19H25ClN4O. The van der Waals surface area contributed by atoms with E-state index in [-0.39, 0.29) is 5.41 Å². The molecule has 0 spiro atoms. The van der Waals surface area contributed by atoms with E-state index in [1.54, 1.807) is 13.2 Å². The average molecular weight is 361 g/mol. The third-order valence-electron chi connectivity index (χ3n) is 4.31. The van der Waals surface area contributed by atoms with Gasteiger partial charge in [0, 0.05) is 29.4 Å². The van der Waals surface area contributed by atoms with E-state index in [1.807, 2.05) is 18.2 Å². The minimum Gasteiger partial charge on any atom is -0.443 e. The number of guanidine groups is 1. The van der Waals surface area contributed by atoms with E-state index in [4.69, 9.17) is 16.0 Å². The van der Waals surface area contributed by atoms with Crippen molar-refractivity contribution in [3.05, 3.63) is 52.7 Å².